The summed E-state index contributed by atoms with van der Waals surface area (Å²) in [6.07, 6.45) is 0. The minimum atomic E-state index is 0.426. The van der Waals surface area contributed by atoms with Crippen LogP contribution in [0.25, 0.3) is 67.2 Å². The first-order chi connectivity index (χ1) is 29.2. The van der Waals surface area contributed by atoms with Gasteiger partial charge in [0.15, 0.2) is 29.1 Å². The van der Waals surface area contributed by atoms with Gasteiger partial charge >= 0.3 is 0 Å². The number of fused-ring (bicyclic) bond motifs is 1. The molecule has 1 aliphatic rings. The average molecular weight is 757 g/mol. The fraction of sp³-hybridized carbons (Fsp3) is 0.0189. The number of hydrogen-bond donors (Lipinski definition) is 0. The maximum atomic E-state index is 5.09. The van der Waals surface area contributed by atoms with E-state index in [4.69, 9.17) is 29.9 Å². The van der Waals surface area contributed by atoms with Crippen molar-refractivity contribution in [3.63, 3.8) is 0 Å². The number of aromatic nitrogens is 3. The largest absolute Gasteiger partial charge is 0.260 e. The summed E-state index contributed by atoms with van der Waals surface area (Å²) < 4.78 is 0. The van der Waals surface area contributed by atoms with Crippen LogP contribution >= 0.6 is 0 Å². The summed E-state index contributed by atoms with van der Waals surface area (Å²) in [6, 6.07) is 70.6. The Morgan fingerprint density at radius 3 is 1.08 bits per heavy atom. The molecule has 0 bridgehead atoms. The number of hydrogen-bond acceptors (Lipinski definition) is 6. The second-order valence-corrected chi connectivity index (χ2v) is 14.3. The van der Waals surface area contributed by atoms with Crippen LogP contribution in [0.15, 0.2) is 221 Å². The molecule has 59 heavy (non-hydrogen) atoms. The Labute approximate surface area is 342 Å². The Balaban J connectivity index is 0.963. The Morgan fingerprint density at radius 1 is 0.271 bits per heavy atom. The third-order valence-corrected chi connectivity index (χ3v) is 10.5. The smallest absolute Gasteiger partial charge is 0.164 e. The zero-order valence-corrected chi connectivity index (χ0v) is 32.0. The summed E-state index contributed by atoms with van der Waals surface area (Å²) in [6.45, 7) is 0.426. The van der Waals surface area contributed by atoms with Crippen LogP contribution in [0.3, 0.4) is 0 Å². The SMILES string of the molecule is c1ccc(C2=NCC(c3ccc(-c4ccc(-c5ccc(-c6nc(-c7ccccc7)nc(-c7ccccc7)n6)cc5)c5ccccc45)cc3)=NC(c3ccccc3)=N2)cc1. The van der Waals surface area contributed by atoms with Gasteiger partial charge < -0.3 is 0 Å². The van der Waals surface area contributed by atoms with Gasteiger partial charge in [0, 0.05) is 27.8 Å². The van der Waals surface area contributed by atoms with Gasteiger partial charge in [-0.2, -0.15) is 0 Å². The average Bonchev–Trinajstić information content (AvgIpc) is 3.56. The van der Waals surface area contributed by atoms with Crippen LogP contribution in [-0.4, -0.2) is 38.9 Å². The van der Waals surface area contributed by atoms with Crippen molar-refractivity contribution in [2.24, 2.45) is 15.0 Å². The summed E-state index contributed by atoms with van der Waals surface area (Å²) in [5, 5.41) is 2.36. The minimum absolute atomic E-state index is 0.426. The Kier molecular flexibility index (Phi) is 9.55. The molecule has 1 aliphatic heterocycles. The second-order valence-electron chi connectivity index (χ2n) is 14.3. The molecule has 1 aromatic heterocycles. The van der Waals surface area contributed by atoms with Crippen molar-refractivity contribution in [2.45, 2.75) is 0 Å². The molecular formula is C53H36N6. The van der Waals surface area contributed by atoms with Gasteiger partial charge in [0.2, 0.25) is 0 Å². The van der Waals surface area contributed by atoms with Crippen LogP contribution < -0.4 is 0 Å². The fourth-order valence-corrected chi connectivity index (χ4v) is 7.47. The molecule has 0 saturated carbocycles. The molecule has 8 aromatic carbocycles. The van der Waals surface area contributed by atoms with Gasteiger partial charge in [-0.05, 0) is 38.6 Å². The lowest BCUT2D eigenvalue weighted by Gasteiger charge is -2.13. The van der Waals surface area contributed by atoms with Crippen molar-refractivity contribution in [1.29, 1.82) is 0 Å². The highest BCUT2D eigenvalue weighted by Crippen LogP contribution is 2.37. The summed E-state index contributed by atoms with van der Waals surface area (Å²) in [5.41, 5.74) is 11.2. The van der Waals surface area contributed by atoms with Gasteiger partial charge in [-0.15, -0.1) is 0 Å². The monoisotopic (exact) mass is 756 g/mol. The third kappa shape index (κ3) is 7.39. The lowest BCUT2D eigenvalue weighted by molar-refractivity contribution is 1.07. The maximum absolute atomic E-state index is 5.09. The van der Waals surface area contributed by atoms with Gasteiger partial charge in [-0.1, -0.05) is 206 Å². The van der Waals surface area contributed by atoms with E-state index in [1.54, 1.807) is 0 Å². The van der Waals surface area contributed by atoms with E-state index in [-0.39, 0.29) is 0 Å². The summed E-state index contributed by atoms with van der Waals surface area (Å²) in [7, 11) is 0. The summed E-state index contributed by atoms with van der Waals surface area (Å²) >= 11 is 0. The molecule has 0 fully saturated rings. The lowest BCUT2D eigenvalue weighted by Crippen LogP contribution is -2.08. The molecule has 9 aromatic rings. The van der Waals surface area contributed by atoms with E-state index in [1.807, 2.05) is 121 Å². The molecule has 6 nitrogen and oxygen atoms in total. The highest BCUT2D eigenvalue weighted by Gasteiger charge is 2.17. The molecule has 0 atom stereocenters. The zero-order chi connectivity index (χ0) is 39.4. The molecule has 0 spiro atoms. The highest BCUT2D eigenvalue weighted by molar-refractivity contribution is 6.20. The van der Waals surface area contributed by atoms with E-state index in [9.17, 15) is 0 Å². The molecule has 2 heterocycles. The quantitative estimate of drug-likeness (QED) is 0.155. The van der Waals surface area contributed by atoms with Crippen molar-refractivity contribution in [3.05, 3.63) is 223 Å². The maximum Gasteiger partial charge on any atom is 0.164 e. The van der Waals surface area contributed by atoms with Crippen molar-refractivity contribution >= 4 is 28.2 Å². The van der Waals surface area contributed by atoms with Gasteiger partial charge in [0.05, 0.1) is 12.3 Å². The van der Waals surface area contributed by atoms with Crippen LogP contribution in [0.2, 0.25) is 0 Å². The molecule has 278 valence electrons. The Bertz CT molecular complexity index is 2960. The van der Waals surface area contributed by atoms with E-state index in [0.717, 1.165) is 55.8 Å². The number of benzene rings is 8. The highest BCUT2D eigenvalue weighted by atomic mass is 15.0. The topological polar surface area (TPSA) is 75.8 Å². The first kappa shape index (κ1) is 35.5. The number of amidine groups is 2. The summed E-state index contributed by atoms with van der Waals surface area (Å²) in [4.78, 5) is 29.7. The summed E-state index contributed by atoms with van der Waals surface area (Å²) in [5.74, 6) is 3.26. The van der Waals surface area contributed by atoms with Gasteiger partial charge in [-0.3, -0.25) is 4.99 Å². The first-order valence-electron chi connectivity index (χ1n) is 19.7. The van der Waals surface area contributed by atoms with Gasteiger partial charge in [0.25, 0.3) is 0 Å². The van der Waals surface area contributed by atoms with E-state index in [2.05, 4.69) is 84.9 Å². The van der Waals surface area contributed by atoms with E-state index in [1.165, 1.54) is 16.3 Å². The molecule has 0 N–H and O–H groups in total. The van der Waals surface area contributed by atoms with Crippen molar-refractivity contribution in [3.8, 4) is 56.4 Å². The molecule has 0 unspecified atom stereocenters. The standard InChI is InChI=1S/C53H36N6/c1-5-15-39(16-6-1)49-54-35-48(55-50(56-49)40-17-7-2-8-18-40)38-29-25-36(26-30-38)44-33-34-45(47-24-14-13-23-46(44)47)37-27-31-43(32-28-37)53-58-51(41-19-9-3-10-20-41)57-52(59-53)42-21-11-4-12-22-42/h1-34H,35H2. The van der Waals surface area contributed by atoms with Crippen LogP contribution in [-0.2, 0) is 0 Å². The van der Waals surface area contributed by atoms with Gasteiger partial charge in [0.1, 0.15) is 0 Å². The molecular weight excluding hydrogens is 721 g/mol. The predicted molar refractivity (Wildman–Crippen MR) is 242 cm³/mol. The molecule has 10 rings (SSSR count). The Morgan fingerprint density at radius 2 is 0.627 bits per heavy atom. The normalized spacial score (nSPS) is 12.6. The van der Waals surface area contributed by atoms with Crippen LogP contribution in [0.4, 0.5) is 0 Å². The van der Waals surface area contributed by atoms with Crippen molar-refractivity contribution < 1.29 is 0 Å². The lowest BCUT2D eigenvalue weighted by atomic mass is 9.91. The molecule has 0 saturated heterocycles. The van der Waals surface area contributed by atoms with Gasteiger partial charge in [-0.25, -0.2) is 24.9 Å². The number of aliphatic imine (C=N–C) groups is 3. The van der Waals surface area contributed by atoms with Crippen LogP contribution in [0, 0.1) is 0 Å². The fourth-order valence-electron chi connectivity index (χ4n) is 7.47. The van der Waals surface area contributed by atoms with Crippen molar-refractivity contribution in [1.82, 2.24) is 15.0 Å². The predicted octanol–water partition coefficient (Wildman–Crippen LogP) is 12.1. The molecule has 0 radical (unpaired) electrons. The molecule has 0 amide bonds. The van der Waals surface area contributed by atoms with E-state index >= 15 is 0 Å². The van der Waals surface area contributed by atoms with Crippen molar-refractivity contribution in [2.75, 3.05) is 6.54 Å². The first-order valence-corrected chi connectivity index (χ1v) is 19.7. The number of nitrogens with zero attached hydrogens (tertiary/aromatic N) is 6. The van der Waals surface area contributed by atoms with Crippen LogP contribution in [0.1, 0.15) is 16.7 Å². The molecule has 0 aliphatic carbocycles. The molecule has 6 heteroatoms. The number of rotatable bonds is 8. The van der Waals surface area contributed by atoms with Crippen LogP contribution in [0.5, 0.6) is 0 Å². The second kappa shape index (κ2) is 15.9. The van der Waals surface area contributed by atoms with E-state index in [0.29, 0.717) is 35.7 Å². The zero-order valence-electron chi connectivity index (χ0n) is 32.0. The Hall–Kier alpha value is -7.96. The third-order valence-electron chi connectivity index (χ3n) is 10.5. The van der Waals surface area contributed by atoms with E-state index < -0.39 is 0 Å². The minimum Gasteiger partial charge on any atom is -0.260 e.